The molecule has 0 aromatic heterocycles. The van der Waals surface area contributed by atoms with Crippen molar-refractivity contribution in [2.24, 2.45) is 0 Å². The average molecular weight is 291 g/mol. The third-order valence-corrected chi connectivity index (χ3v) is 1.73. The van der Waals surface area contributed by atoms with Gasteiger partial charge in [0, 0.05) is 11.6 Å². The number of nitrogens with one attached hydrogen (secondary N) is 2. The fraction of sp³-hybridized carbons (Fsp3) is 0. The predicted octanol–water partition coefficient (Wildman–Crippen LogP) is -1.60. The molecule has 0 aliphatic carbocycles. The Morgan fingerprint density at radius 2 is 1.94 bits per heavy atom. The van der Waals surface area contributed by atoms with Crippen LogP contribution in [0.4, 0.5) is 0 Å². The van der Waals surface area contributed by atoms with Crippen molar-refractivity contribution < 1.29 is 73.0 Å². The Morgan fingerprint density at radius 3 is 2.50 bits per heavy atom. The molecule has 3 N–H and O–H groups in total. The molecule has 1 rings (SSSR count). The van der Waals surface area contributed by atoms with Crippen molar-refractivity contribution in [1.29, 1.82) is 0 Å². The van der Waals surface area contributed by atoms with Gasteiger partial charge in [0.25, 0.3) is 5.91 Å². The van der Waals surface area contributed by atoms with E-state index in [0.29, 0.717) is 5.56 Å². The minimum atomic E-state index is -0.820. The largest absolute Gasteiger partial charge is 1.00 e. The van der Waals surface area contributed by atoms with Gasteiger partial charge in [0.15, 0.2) is 0 Å². The summed E-state index contributed by atoms with van der Waals surface area (Å²) in [6.45, 7) is 0. The van der Waals surface area contributed by atoms with E-state index in [9.17, 15) is 9.59 Å². The summed E-state index contributed by atoms with van der Waals surface area (Å²) >= 11 is 0. The second-order valence-electron chi connectivity index (χ2n) is 2.73. The summed E-state index contributed by atoms with van der Waals surface area (Å²) in [5.74, 6) is -1.51. The molecule has 0 heterocycles. The van der Waals surface area contributed by atoms with Crippen molar-refractivity contribution in [3.63, 3.8) is 0 Å². The summed E-state index contributed by atoms with van der Waals surface area (Å²) in [5.41, 5.74) is 9.06. The Bertz CT molecular complexity index is 418. The predicted molar refractivity (Wildman–Crippen MR) is 54.1 cm³/mol. The van der Waals surface area contributed by atoms with Crippen molar-refractivity contribution >= 4 is 17.9 Å². The zero-order valence-corrected chi connectivity index (χ0v) is 13.6. The first-order valence-corrected chi connectivity index (χ1v) is 4.12. The first kappa shape index (κ1) is 15.7. The van der Waals surface area contributed by atoms with Crippen molar-refractivity contribution in [2.75, 3.05) is 0 Å². The number of benzene rings is 1. The van der Waals surface area contributed by atoms with Gasteiger partial charge in [-0.05, 0) is 11.6 Å². The molecule has 0 atom stereocenters. The standard InChI is InChI=1S/C10H10N2O3.Rb/c11-10(14)8-4-2-1-3-7(8)5-6-9(13)12-15;/h1-6H,(H4,11,12,13,14,15);/q;+1/p-1. The molecule has 1 aromatic carbocycles. The van der Waals surface area contributed by atoms with Gasteiger partial charge in [-0.2, -0.15) is 0 Å². The molecule has 1 aromatic rings. The molecule has 0 fully saturated rings. The van der Waals surface area contributed by atoms with E-state index in [-0.39, 0.29) is 63.8 Å². The topological polar surface area (TPSA) is 90.2 Å². The van der Waals surface area contributed by atoms with Gasteiger partial charge in [0.05, 0.1) is 5.91 Å². The van der Waals surface area contributed by atoms with Crippen LogP contribution in [0, 0.1) is 0 Å². The van der Waals surface area contributed by atoms with Crippen molar-refractivity contribution in [1.82, 2.24) is 5.48 Å². The minimum absolute atomic E-state index is 0. The molecule has 0 bridgehead atoms. The number of hydrogen-bond acceptors (Lipinski definition) is 3. The van der Waals surface area contributed by atoms with Crippen LogP contribution in [0.15, 0.2) is 30.3 Å². The smallest absolute Gasteiger partial charge is 0.664 e. The molecular formula is C10H9N2O3Rb. The van der Waals surface area contributed by atoms with Crippen LogP contribution in [0.1, 0.15) is 15.9 Å². The van der Waals surface area contributed by atoms with Crippen LogP contribution >= 0.6 is 0 Å². The van der Waals surface area contributed by atoms with E-state index in [1.807, 2.05) is 0 Å². The van der Waals surface area contributed by atoms with Crippen LogP contribution in [-0.2, 0) is 4.79 Å². The maximum absolute atomic E-state index is 10.9. The Hall–Kier alpha value is -0.335. The number of carbonyl (C=O) groups excluding carboxylic acids is 2. The molecule has 0 saturated carbocycles. The van der Waals surface area contributed by atoms with Crippen molar-refractivity contribution in [3.05, 3.63) is 47.2 Å². The minimum Gasteiger partial charge on any atom is -0.664 e. The van der Waals surface area contributed by atoms with Crippen LogP contribution in [0.5, 0.6) is 0 Å². The molecule has 5 nitrogen and oxygen atoms in total. The molecule has 0 unspecified atom stereocenters. The molecule has 6 heteroatoms. The summed E-state index contributed by atoms with van der Waals surface area (Å²) in [4.78, 5) is 21.5. The van der Waals surface area contributed by atoms with Gasteiger partial charge in [0.2, 0.25) is 0 Å². The second-order valence-corrected chi connectivity index (χ2v) is 2.73. The van der Waals surface area contributed by atoms with E-state index in [1.165, 1.54) is 17.6 Å². The summed E-state index contributed by atoms with van der Waals surface area (Å²) in [7, 11) is 0. The molecular weight excluding hydrogens is 282 g/mol. The fourth-order valence-corrected chi connectivity index (χ4v) is 1.05. The van der Waals surface area contributed by atoms with Gasteiger partial charge in [0.1, 0.15) is 0 Å². The van der Waals surface area contributed by atoms with Crippen molar-refractivity contribution in [2.45, 2.75) is 0 Å². The Balaban J connectivity index is 0.00000225. The molecule has 0 aliphatic rings. The molecule has 2 amide bonds. The van der Waals surface area contributed by atoms with E-state index in [1.54, 1.807) is 18.2 Å². The maximum Gasteiger partial charge on any atom is 1.00 e. The average Bonchev–Trinajstić information content (AvgIpc) is 2.26. The van der Waals surface area contributed by atoms with E-state index in [4.69, 9.17) is 10.9 Å². The number of carbonyl (C=O) groups is 2. The molecule has 16 heavy (non-hydrogen) atoms. The second kappa shape index (κ2) is 7.86. The normalized spacial score (nSPS) is 9.56. The molecule has 78 valence electrons. The zero-order chi connectivity index (χ0) is 11.3. The first-order chi connectivity index (χ1) is 7.15. The van der Waals surface area contributed by atoms with Crippen LogP contribution in [0.2, 0.25) is 0 Å². The SMILES string of the molecule is [NH-]C(=O)c1ccccc1/C=C/C(=O)NO.[Rb+]. The fourth-order valence-electron chi connectivity index (χ4n) is 1.05. The Labute approximate surface area is 141 Å². The zero-order valence-electron chi connectivity index (χ0n) is 8.73. The van der Waals surface area contributed by atoms with Crippen molar-refractivity contribution in [3.8, 4) is 0 Å². The van der Waals surface area contributed by atoms with Gasteiger partial charge in [-0.15, -0.1) is 0 Å². The molecule has 0 radical (unpaired) electrons. The van der Waals surface area contributed by atoms with Crippen LogP contribution in [0.3, 0.4) is 0 Å². The summed E-state index contributed by atoms with van der Waals surface area (Å²) in [5, 5.41) is 8.24. The van der Waals surface area contributed by atoms with Crippen LogP contribution < -0.4 is 63.7 Å². The van der Waals surface area contributed by atoms with E-state index in [2.05, 4.69) is 0 Å². The quantitative estimate of drug-likeness (QED) is 0.399. The van der Waals surface area contributed by atoms with Gasteiger partial charge >= 0.3 is 58.2 Å². The number of amides is 2. The third-order valence-electron chi connectivity index (χ3n) is 1.73. The number of rotatable bonds is 3. The van der Waals surface area contributed by atoms with Gasteiger partial charge in [-0.3, -0.25) is 10.0 Å². The summed E-state index contributed by atoms with van der Waals surface area (Å²) in [6.07, 6.45) is 2.43. The summed E-state index contributed by atoms with van der Waals surface area (Å²) < 4.78 is 0. The number of hydrogen-bond donors (Lipinski definition) is 2. The molecule has 0 saturated heterocycles. The monoisotopic (exact) mass is 290 g/mol. The van der Waals surface area contributed by atoms with Gasteiger partial charge in [-0.1, -0.05) is 24.3 Å². The van der Waals surface area contributed by atoms with Crippen LogP contribution in [0.25, 0.3) is 11.8 Å². The van der Waals surface area contributed by atoms with E-state index < -0.39 is 11.8 Å². The Kier molecular flexibility index (Phi) is 7.70. The van der Waals surface area contributed by atoms with Gasteiger partial charge in [-0.25, -0.2) is 5.48 Å². The van der Waals surface area contributed by atoms with Gasteiger partial charge < -0.3 is 10.5 Å². The van der Waals surface area contributed by atoms with E-state index >= 15 is 0 Å². The first-order valence-electron chi connectivity index (χ1n) is 4.12. The number of hydroxylamine groups is 1. The van der Waals surface area contributed by atoms with Crippen LogP contribution in [-0.4, -0.2) is 17.0 Å². The molecule has 0 spiro atoms. The maximum atomic E-state index is 10.9. The molecule has 0 aliphatic heterocycles. The van der Waals surface area contributed by atoms with E-state index in [0.717, 1.165) is 6.08 Å². The third kappa shape index (κ3) is 4.67. The summed E-state index contributed by atoms with van der Waals surface area (Å²) in [6, 6.07) is 6.41. The Morgan fingerprint density at radius 1 is 1.31 bits per heavy atom.